The average Bonchev–Trinajstić information content (AvgIpc) is 3.76. The van der Waals surface area contributed by atoms with Gasteiger partial charge in [-0.15, -0.1) is 0 Å². The first-order valence-electron chi connectivity index (χ1n) is 13.7. The summed E-state index contributed by atoms with van der Waals surface area (Å²) in [6.07, 6.45) is 3.51. The molecule has 3 saturated heterocycles. The van der Waals surface area contributed by atoms with Crippen LogP contribution in [0.2, 0.25) is 0 Å². The first-order valence-corrected chi connectivity index (χ1v) is 13.7. The smallest absolute Gasteiger partial charge is 0.303 e. The standard InChI is InChI=1S/C30H37NO6/c1-15-10-9-13-20-26-29(5,37-26)17(3)22-21(14-19-11-7-6-8-12-19)31-28(34)30(20,22)27(35-18(4)32)25-24(36-25)16(2)23(15)33/h6-9,11-13,15-17,20-22,24-27H,10,14H2,1-5H3,(H,31,34)/b13-9+/t15-,16+,17-,20-,21-,22+,24-,25+,26-,27+,29+,30-/m0/s1. The van der Waals surface area contributed by atoms with E-state index in [1.54, 1.807) is 0 Å². The Kier molecular flexibility index (Phi) is 5.70. The molecule has 5 aliphatic rings. The predicted molar refractivity (Wildman–Crippen MR) is 135 cm³/mol. The minimum absolute atomic E-state index is 0.0353. The van der Waals surface area contributed by atoms with E-state index in [-0.39, 0.29) is 65.1 Å². The average molecular weight is 508 g/mol. The lowest BCUT2D eigenvalue weighted by atomic mass is 9.50. The summed E-state index contributed by atoms with van der Waals surface area (Å²) in [5, 5.41) is 3.35. The van der Waals surface area contributed by atoms with Gasteiger partial charge in [0.1, 0.15) is 23.4 Å². The Morgan fingerprint density at radius 2 is 1.86 bits per heavy atom. The Hall–Kier alpha value is -2.51. The first-order chi connectivity index (χ1) is 17.6. The molecule has 1 aromatic rings. The van der Waals surface area contributed by atoms with E-state index in [0.29, 0.717) is 12.8 Å². The van der Waals surface area contributed by atoms with Crippen LogP contribution in [0.25, 0.3) is 0 Å². The molecule has 1 aromatic carbocycles. The fourth-order valence-electron chi connectivity index (χ4n) is 8.01. The van der Waals surface area contributed by atoms with Gasteiger partial charge < -0.3 is 19.5 Å². The molecule has 1 N–H and O–H groups in total. The molecular formula is C30H37NO6. The summed E-state index contributed by atoms with van der Waals surface area (Å²) in [6.45, 7) is 9.52. The molecule has 0 unspecified atom stereocenters. The number of Topliss-reactive ketones (excluding diaryl/α,β-unsaturated/α-hetero) is 1. The summed E-state index contributed by atoms with van der Waals surface area (Å²) in [5.74, 6) is -1.35. The largest absolute Gasteiger partial charge is 0.458 e. The van der Waals surface area contributed by atoms with Crippen molar-refractivity contribution in [2.75, 3.05) is 0 Å². The van der Waals surface area contributed by atoms with Crippen molar-refractivity contribution in [2.45, 2.75) is 83.5 Å². The molecule has 37 heavy (non-hydrogen) atoms. The number of hydrogen-bond acceptors (Lipinski definition) is 6. The van der Waals surface area contributed by atoms with Crippen LogP contribution in [0.1, 0.15) is 46.6 Å². The van der Waals surface area contributed by atoms with E-state index in [4.69, 9.17) is 14.2 Å². The van der Waals surface area contributed by atoms with Crippen molar-refractivity contribution in [3.63, 3.8) is 0 Å². The van der Waals surface area contributed by atoms with E-state index < -0.39 is 23.6 Å². The molecule has 6 rings (SSSR count). The number of fused-ring (bicyclic) bond motifs is 3. The lowest BCUT2D eigenvalue weighted by Crippen LogP contribution is -2.62. The molecule has 7 nitrogen and oxygen atoms in total. The van der Waals surface area contributed by atoms with E-state index in [2.05, 4.69) is 37.4 Å². The highest BCUT2D eigenvalue weighted by atomic mass is 16.6. The lowest BCUT2D eigenvalue weighted by molar-refractivity contribution is -0.171. The second-order valence-electron chi connectivity index (χ2n) is 12.1. The molecule has 1 spiro atoms. The highest BCUT2D eigenvalue weighted by Crippen LogP contribution is 2.68. The zero-order chi connectivity index (χ0) is 26.3. The number of carbonyl (C=O) groups excluding carboxylic acids is 3. The quantitative estimate of drug-likeness (QED) is 0.383. The molecule has 3 aliphatic heterocycles. The molecular weight excluding hydrogens is 470 g/mol. The van der Waals surface area contributed by atoms with Crippen molar-refractivity contribution >= 4 is 17.7 Å². The number of ether oxygens (including phenoxy) is 3. The van der Waals surface area contributed by atoms with Crippen molar-refractivity contribution < 1.29 is 28.6 Å². The van der Waals surface area contributed by atoms with Crippen LogP contribution < -0.4 is 5.32 Å². The van der Waals surface area contributed by atoms with E-state index in [0.717, 1.165) is 5.56 Å². The van der Waals surface area contributed by atoms with Gasteiger partial charge >= 0.3 is 5.97 Å². The Morgan fingerprint density at radius 3 is 2.57 bits per heavy atom. The summed E-state index contributed by atoms with van der Waals surface area (Å²) in [7, 11) is 0. The normalized spacial score (nSPS) is 48.8. The number of hydrogen-bond donors (Lipinski definition) is 1. The van der Waals surface area contributed by atoms with E-state index in [1.165, 1.54) is 6.92 Å². The number of ketones is 1. The van der Waals surface area contributed by atoms with Gasteiger partial charge in [0, 0.05) is 36.6 Å². The third-order valence-electron chi connectivity index (χ3n) is 10.1. The van der Waals surface area contributed by atoms with E-state index in [9.17, 15) is 14.4 Å². The molecule has 2 aliphatic carbocycles. The SMILES string of the molecule is CC(=O)O[C@@H]1[C@@H]2O[C@H]2[C@H](C)C(=O)[C@@H](C)C/C=C/[C@H]2[C@@H]3O[C@]3(C)[C@@H](C)[C@@H]3[C@H](Cc4ccccc4)NC(=O)[C@@]312. The van der Waals surface area contributed by atoms with Gasteiger partial charge in [-0.2, -0.15) is 0 Å². The highest BCUT2D eigenvalue weighted by molar-refractivity contribution is 5.89. The van der Waals surface area contributed by atoms with Gasteiger partial charge in [0.25, 0.3) is 0 Å². The Morgan fingerprint density at radius 1 is 1.14 bits per heavy atom. The van der Waals surface area contributed by atoms with Crippen molar-refractivity contribution in [2.24, 2.45) is 35.0 Å². The zero-order valence-electron chi connectivity index (χ0n) is 22.2. The number of esters is 1. The fourth-order valence-corrected chi connectivity index (χ4v) is 8.01. The zero-order valence-corrected chi connectivity index (χ0v) is 22.2. The second-order valence-corrected chi connectivity index (χ2v) is 12.1. The number of nitrogens with one attached hydrogen (secondary N) is 1. The van der Waals surface area contributed by atoms with Crippen LogP contribution in [0.4, 0.5) is 0 Å². The van der Waals surface area contributed by atoms with Gasteiger partial charge in [0.2, 0.25) is 5.91 Å². The van der Waals surface area contributed by atoms with Crippen LogP contribution in [0, 0.1) is 35.0 Å². The van der Waals surface area contributed by atoms with Crippen molar-refractivity contribution in [1.82, 2.24) is 5.32 Å². The number of carbonyl (C=O) groups is 3. The summed E-state index contributed by atoms with van der Waals surface area (Å²) >= 11 is 0. The highest BCUT2D eigenvalue weighted by Gasteiger charge is 2.80. The molecule has 0 bridgehead atoms. The van der Waals surface area contributed by atoms with Crippen molar-refractivity contribution in [3.8, 4) is 0 Å². The second kappa shape index (κ2) is 8.50. The third-order valence-corrected chi connectivity index (χ3v) is 10.1. The van der Waals surface area contributed by atoms with Crippen LogP contribution in [0.15, 0.2) is 42.5 Å². The maximum atomic E-state index is 14.4. The van der Waals surface area contributed by atoms with Gasteiger partial charge in [-0.25, -0.2) is 0 Å². The minimum Gasteiger partial charge on any atom is -0.458 e. The van der Waals surface area contributed by atoms with Gasteiger partial charge in [-0.1, -0.05) is 63.3 Å². The monoisotopic (exact) mass is 507 g/mol. The van der Waals surface area contributed by atoms with Gasteiger partial charge in [0.15, 0.2) is 0 Å². The van der Waals surface area contributed by atoms with E-state index >= 15 is 0 Å². The molecule has 4 fully saturated rings. The van der Waals surface area contributed by atoms with Crippen LogP contribution in [-0.2, 0) is 35.0 Å². The summed E-state index contributed by atoms with van der Waals surface area (Å²) in [6, 6.07) is 10.0. The maximum absolute atomic E-state index is 14.4. The van der Waals surface area contributed by atoms with Crippen LogP contribution >= 0.6 is 0 Å². The van der Waals surface area contributed by atoms with Crippen LogP contribution in [0.5, 0.6) is 0 Å². The number of benzene rings is 1. The molecule has 12 atom stereocenters. The number of allylic oxidation sites excluding steroid dienone is 1. The summed E-state index contributed by atoms with van der Waals surface area (Å²) in [5.41, 5.74) is -0.288. The van der Waals surface area contributed by atoms with Gasteiger partial charge in [0.05, 0.1) is 17.8 Å². The summed E-state index contributed by atoms with van der Waals surface area (Å²) < 4.78 is 18.7. The van der Waals surface area contributed by atoms with E-state index in [1.807, 2.05) is 38.1 Å². The lowest BCUT2D eigenvalue weighted by Gasteiger charge is -2.49. The molecule has 0 aromatic heterocycles. The predicted octanol–water partition coefficient (Wildman–Crippen LogP) is 3.25. The van der Waals surface area contributed by atoms with Crippen LogP contribution in [0.3, 0.4) is 0 Å². The van der Waals surface area contributed by atoms with Gasteiger partial charge in [-0.05, 0) is 31.2 Å². The molecule has 198 valence electrons. The molecule has 3 heterocycles. The van der Waals surface area contributed by atoms with Crippen molar-refractivity contribution in [3.05, 3.63) is 48.0 Å². The topological polar surface area (TPSA) is 97.5 Å². The molecule has 1 saturated carbocycles. The number of amides is 1. The Balaban J connectivity index is 1.51. The minimum atomic E-state index is -1.06. The fraction of sp³-hybridized carbons (Fsp3) is 0.633. The molecule has 1 amide bonds. The molecule has 7 heteroatoms. The number of epoxide rings is 2. The third kappa shape index (κ3) is 3.57. The molecule has 0 radical (unpaired) electrons. The van der Waals surface area contributed by atoms with Crippen LogP contribution in [-0.4, -0.2) is 53.7 Å². The van der Waals surface area contributed by atoms with Gasteiger partial charge in [-0.3, -0.25) is 14.4 Å². The summed E-state index contributed by atoms with van der Waals surface area (Å²) in [4.78, 5) is 40.1. The first kappa shape index (κ1) is 24.8. The Bertz CT molecular complexity index is 1150. The van der Waals surface area contributed by atoms with Crippen molar-refractivity contribution in [1.29, 1.82) is 0 Å². The number of rotatable bonds is 3. The Labute approximate surface area is 218 Å². The maximum Gasteiger partial charge on any atom is 0.303 e.